The number of nitrogens with one attached hydrogen (secondary N) is 1. The zero-order chi connectivity index (χ0) is 24.4. The van der Waals surface area contributed by atoms with E-state index in [1.807, 2.05) is 83.4 Å². The van der Waals surface area contributed by atoms with Crippen LogP contribution in [0.5, 0.6) is 5.75 Å². The van der Waals surface area contributed by atoms with Gasteiger partial charge in [0.25, 0.3) is 0 Å². The number of hydrogen-bond acceptors (Lipinski definition) is 4. The van der Waals surface area contributed by atoms with Crippen molar-refractivity contribution in [3.63, 3.8) is 0 Å². The highest BCUT2D eigenvalue weighted by Crippen LogP contribution is 2.38. The molecule has 0 radical (unpaired) electrons. The zero-order valence-electron chi connectivity index (χ0n) is 20.1. The van der Waals surface area contributed by atoms with Crippen molar-refractivity contribution in [2.45, 2.75) is 19.5 Å². The van der Waals surface area contributed by atoms with Gasteiger partial charge in [-0.2, -0.15) is 5.10 Å². The van der Waals surface area contributed by atoms with Crippen LogP contribution in [0.4, 0.5) is 4.79 Å². The van der Waals surface area contributed by atoms with Crippen LogP contribution >= 0.6 is 0 Å². The van der Waals surface area contributed by atoms with Gasteiger partial charge in [-0.1, -0.05) is 30.3 Å². The fraction of sp³-hybridized carbons (Fsp3) is 0.259. The standard InChI is InChI=1S/C27H29N5O3/c1-19-23-18-31(27(33)28-15-17-34-2)25(20-11-13-22(35-3)14-12-20)24-10-7-16-30(24)26(23)32(29-19)21-8-5-4-6-9-21/h4-14,16,25H,15,17-18H2,1-3H3,(H,28,33). The van der Waals surface area contributed by atoms with Gasteiger partial charge in [-0.05, 0) is 48.9 Å². The lowest BCUT2D eigenvalue weighted by Gasteiger charge is -2.31. The van der Waals surface area contributed by atoms with Gasteiger partial charge in [0, 0.05) is 25.4 Å². The summed E-state index contributed by atoms with van der Waals surface area (Å²) in [6.45, 7) is 3.28. The second-order valence-corrected chi connectivity index (χ2v) is 8.47. The molecule has 2 aromatic carbocycles. The molecular weight excluding hydrogens is 442 g/mol. The third-order valence-electron chi connectivity index (χ3n) is 6.36. The molecule has 180 valence electrons. The third-order valence-corrected chi connectivity index (χ3v) is 6.36. The molecule has 0 fully saturated rings. The molecule has 2 aromatic heterocycles. The molecule has 0 aliphatic carbocycles. The number of nitrogens with zero attached hydrogens (tertiary/aromatic N) is 4. The number of methoxy groups -OCH3 is 2. The SMILES string of the molecule is COCCNC(=O)N1Cc2c(C)nn(-c3ccccc3)c2-n2cccc2C1c1ccc(OC)cc1. The quantitative estimate of drug-likeness (QED) is 0.427. The van der Waals surface area contributed by atoms with Gasteiger partial charge in [0.1, 0.15) is 11.6 Å². The molecule has 35 heavy (non-hydrogen) atoms. The van der Waals surface area contributed by atoms with Gasteiger partial charge < -0.3 is 24.3 Å². The van der Waals surface area contributed by atoms with Crippen LogP contribution in [0.3, 0.4) is 0 Å². The highest BCUT2D eigenvalue weighted by molar-refractivity contribution is 5.76. The largest absolute Gasteiger partial charge is 0.497 e. The van der Waals surface area contributed by atoms with Crippen molar-refractivity contribution < 1.29 is 14.3 Å². The fourth-order valence-corrected chi connectivity index (χ4v) is 4.65. The predicted octanol–water partition coefficient (Wildman–Crippen LogP) is 4.24. The Labute approximate surface area is 204 Å². The fourth-order valence-electron chi connectivity index (χ4n) is 4.65. The second kappa shape index (κ2) is 9.68. The van der Waals surface area contributed by atoms with E-state index >= 15 is 0 Å². The van der Waals surface area contributed by atoms with Crippen molar-refractivity contribution in [2.24, 2.45) is 0 Å². The van der Waals surface area contributed by atoms with E-state index in [4.69, 9.17) is 14.6 Å². The van der Waals surface area contributed by atoms with E-state index in [9.17, 15) is 4.79 Å². The maximum atomic E-state index is 13.6. The number of ether oxygens (including phenoxy) is 2. The molecule has 1 unspecified atom stereocenters. The number of aromatic nitrogens is 3. The van der Waals surface area contributed by atoms with Crippen molar-refractivity contribution >= 4 is 6.03 Å². The lowest BCUT2D eigenvalue weighted by molar-refractivity contribution is 0.168. The number of aryl methyl sites for hydroxylation is 1. The van der Waals surface area contributed by atoms with Crippen molar-refractivity contribution in [1.82, 2.24) is 24.6 Å². The number of carbonyl (C=O) groups excluding carboxylic acids is 1. The second-order valence-electron chi connectivity index (χ2n) is 8.47. The maximum absolute atomic E-state index is 13.6. The van der Waals surface area contributed by atoms with Crippen molar-refractivity contribution in [1.29, 1.82) is 0 Å². The summed E-state index contributed by atoms with van der Waals surface area (Å²) in [5.74, 6) is 1.71. The third kappa shape index (κ3) is 4.17. The van der Waals surface area contributed by atoms with Crippen LogP contribution in [0.15, 0.2) is 72.9 Å². The first-order valence-electron chi connectivity index (χ1n) is 11.6. The van der Waals surface area contributed by atoms with Crippen LogP contribution in [0, 0.1) is 6.92 Å². The van der Waals surface area contributed by atoms with Crippen molar-refractivity contribution in [2.75, 3.05) is 27.4 Å². The summed E-state index contributed by atoms with van der Waals surface area (Å²) in [6, 6.07) is 21.6. The van der Waals surface area contributed by atoms with Crippen LogP contribution in [-0.2, 0) is 11.3 Å². The molecule has 3 heterocycles. The Hall–Kier alpha value is -4.04. The molecule has 8 heteroatoms. The molecule has 0 bridgehead atoms. The molecule has 0 saturated heterocycles. The van der Waals surface area contributed by atoms with E-state index in [-0.39, 0.29) is 12.1 Å². The summed E-state index contributed by atoms with van der Waals surface area (Å²) >= 11 is 0. The van der Waals surface area contributed by atoms with E-state index in [0.717, 1.165) is 39.8 Å². The molecule has 2 amide bonds. The smallest absolute Gasteiger partial charge is 0.318 e. The summed E-state index contributed by atoms with van der Waals surface area (Å²) in [6.07, 6.45) is 2.04. The minimum absolute atomic E-state index is 0.157. The van der Waals surface area contributed by atoms with Crippen LogP contribution in [0.2, 0.25) is 0 Å². The number of hydrogen-bond donors (Lipinski definition) is 1. The van der Waals surface area contributed by atoms with Gasteiger partial charge in [0.2, 0.25) is 0 Å². The van der Waals surface area contributed by atoms with E-state index in [1.54, 1.807) is 14.2 Å². The number of fused-ring (bicyclic) bond motifs is 3. The first-order chi connectivity index (χ1) is 17.1. The lowest BCUT2D eigenvalue weighted by atomic mass is 10.0. The summed E-state index contributed by atoms with van der Waals surface area (Å²) in [7, 11) is 3.27. The molecule has 1 N–H and O–H groups in total. The topological polar surface area (TPSA) is 73.5 Å². The highest BCUT2D eigenvalue weighted by atomic mass is 16.5. The molecule has 1 atom stereocenters. The van der Waals surface area contributed by atoms with E-state index < -0.39 is 0 Å². The summed E-state index contributed by atoms with van der Waals surface area (Å²) in [5, 5.41) is 7.89. The van der Waals surface area contributed by atoms with Gasteiger partial charge in [-0.3, -0.25) is 0 Å². The number of carbonyl (C=O) groups is 1. The Kier molecular flexibility index (Phi) is 6.29. The van der Waals surface area contributed by atoms with Crippen LogP contribution in [0.25, 0.3) is 11.5 Å². The van der Waals surface area contributed by atoms with Gasteiger partial charge in [-0.25, -0.2) is 9.48 Å². The number of para-hydroxylation sites is 1. The Balaban J connectivity index is 1.68. The lowest BCUT2D eigenvalue weighted by Crippen LogP contribution is -2.43. The summed E-state index contributed by atoms with van der Waals surface area (Å²) in [4.78, 5) is 15.4. The maximum Gasteiger partial charge on any atom is 0.318 e. The van der Waals surface area contributed by atoms with Crippen LogP contribution in [-0.4, -0.2) is 52.6 Å². The van der Waals surface area contributed by atoms with Crippen LogP contribution < -0.4 is 10.1 Å². The normalized spacial score (nSPS) is 14.7. The predicted molar refractivity (Wildman–Crippen MR) is 133 cm³/mol. The van der Waals surface area contributed by atoms with Crippen LogP contribution in [0.1, 0.15) is 28.6 Å². The molecule has 1 aliphatic rings. The molecular formula is C27H29N5O3. The molecule has 4 aromatic rings. The first-order valence-corrected chi connectivity index (χ1v) is 11.6. The average Bonchev–Trinajstić information content (AvgIpc) is 3.45. The Bertz CT molecular complexity index is 1310. The van der Waals surface area contributed by atoms with Crippen molar-refractivity contribution in [3.05, 3.63) is 95.4 Å². The van der Waals surface area contributed by atoms with Gasteiger partial charge in [-0.15, -0.1) is 0 Å². The molecule has 1 aliphatic heterocycles. The number of benzene rings is 2. The Morgan fingerprint density at radius 1 is 1.06 bits per heavy atom. The zero-order valence-corrected chi connectivity index (χ0v) is 20.1. The minimum Gasteiger partial charge on any atom is -0.497 e. The van der Waals surface area contributed by atoms with Gasteiger partial charge in [0.15, 0.2) is 0 Å². The number of rotatable bonds is 6. The number of amides is 2. The Morgan fingerprint density at radius 2 is 1.83 bits per heavy atom. The van der Waals surface area contributed by atoms with Gasteiger partial charge >= 0.3 is 6.03 Å². The van der Waals surface area contributed by atoms with Gasteiger partial charge in [0.05, 0.1) is 43.4 Å². The highest BCUT2D eigenvalue weighted by Gasteiger charge is 2.35. The Morgan fingerprint density at radius 3 is 2.54 bits per heavy atom. The number of urea groups is 1. The minimum atomic E-state index is -0.311. The summed E-state index contributed by atoms with van der Waals surface area (Å²) < 4.78 is 14.6. The molecule has 0 spiro atoms. The van der Waals surface area contributed by atoms with Crippen molar-refractivity contribution in [3.8, 4) is 17.3 Å². The van der Waals surface area contributed by atoms with E-state index in [0.29, 0.717) is 19.7 Å². The summed E-state index contributed by atoms with van der Waals surface area (Å²) in [5.41, 5.74) is 4.83. The molecule has 5 rings (SSSR count). The monoisotopic (exact) mass is 471 g/mol. The first kappa shape index (κ1) is 22.7. The molecule has 0 saturated carbocycles. The average molecular weight is 472 g/mol. The van der Waals surface area contributed by atoms with E-state index in [2.05, 4.69) is 16.0 Å². The van der Waals surface area contributed by atoms with E-state index in [1.165, 1.54) is 0 Å². The molecule has 8 nitrogen and oxygen atoms in total.